The van der Waals surface area contributed by atoms with Crippen molar-refractivity contribution in [3.05, 3.63) is 38.7 Å². The number of nitrogens with zero attached hydrogens (tertiary/aromatic N) is 5. The lowest BCUT2D eigenvalue weighted by atomic mass is 10.3. The summed E-state index contributed by atoms with van der Waals surface area (Å²) in [4.78, 5) is 9.59. The molecule has 0 aliphatic carbocycles. The monoisotopic (exact) mass is 209 g/mol. The second-order valence-corrected chi connectivity index (χ2v) is 2.65. The molecule has 76 valence electrons. The molecule has 0 bridgehead atoms. The molecule has 0 aliphatic rings. The predicted molar refractivity (Wildman–Crippen MR) is 44.1 cm³/mol. The summed E-state index contributed by atoms with van der Waals surface area (Å²) < 4.78 is 0. The van der Waals surface area contributed by atoms with Crippen molar-refractivity contribution in [1.29, 1.82) is 0 Å². The van der Waals surface area contributed by atoms with Crippen LogP contribution in [0.15, 0.2) is 18.2 Å². The van der Waals surface area contributed by atoms with E-state index in [-0.39, 0.29) is 26.5 Å². The number of nitro benzene ring substituents is 1. The van der Waals surface area contributed by atoms with Crippen LogP contribution in [0.4, 0.5) is 5.69 Å². The second-order valence-electron chi connectivity index (χ2n) is 2.65. The molecule has 0 amide bonds. The van der Waals surface area contributed by atoms with Crippen LogP contribution in [-0.2, 0) is 0 Å². The summed E-state index contributed by atoms with van der Waals surface area (Å²) >= 11 is 0. The van der Waals surface area contributed by atoms with Gasteiger partial charge in [-0.3, -0.25) is 10.1 Å². The van der Waals surface area contributed by atoms with E-state index in [1.807, 2.05) is 0 Å². The maximum atomic E-state index is 11.1. The highest BCUT2D eigenvalue weighted by atomic mass is 16.6. The number of hydrogen-bond donors (Lipinski definition) is 0. The van der Waals surface area contributed by atoms with Crippen molar-refractivity contribution in [2.45, 2.75) is 0 Å². The van der Waals surface area contributed by atoms with Crippen LogP contribution in [0, 0.1) is 20.5 Å². The van der Waals surface area contributed by atoms with Crippen LogP contribution < -0.4 is 9.80 Å². The number of fused-ring (bicyclic) bond motifs is 1. The van der Waals surface area contributed by atoms with Crippen molar-refractivity contribution in [3.8, 4) is 0 Å². The molecular formula is C6H3N5O4. The van der Waals surface area contributed by atoms with Crippen LogP contribution in [0.1, 0.15) is 0 Å². The van der Waals surface area contributed by atoms with E-state index in [0.717, 1.165) is 12.1 Å². The summed E-state index contributed by atoms with van der Waals surface area (Å²) in [5.41, 5.74) is -0.351. The summed E-state index contributed by atoms with van der Waals surface area (Å²) in [6.45, 7) is 0. The second kappa shape index (κ2) is 2.97. The first-order valence-electron chi connectivity index (χ1n) is 3.74. The normalized spacial score (nSPS) is 10.4. The fourth-order valence-electron chi connectivity index (χ4n) is 1.09. The number of rotatable bonds is 1. The van der Waals surface area contributed by atoms with E-state index < -0.39 is 4.92 Å². The molecule has 2 aromatic rings. The van der Waals surface area contributed by atoms with Gasteiger partial charge in [0.15, 0.2) is 0 Å². The van der Waals surface area contributed by atoms with E-state index in [0.29, 0.717) is 0 Å². The molecule has 0 saturated heterocycles. The van der Waals surface area contributed by atoms with Gasteiger partial charge < -0.3 is 10.4 Å². The van der Waals surface area contributed by atoms with Gasteiger partial charge in [0.2, 0.25) is 5.52 Å². The molecule has 9 heteroatoms. The highest BCUT2D eigenvalue weighted by Gasteiger charge is 2.17. The van der Waals surface area contributed by atoms with Crippen LogP contribution in [0.5, 0.6) is 0 Å². The van der Waals surface area contributed by atoms with Gasteiger partial charge in [0.05, 0.1) is 16.1 Å². The first kappa shape index (κ1) is 8.99. The molecule has 2 rings (SSSR count). The minimum atomic E-state index is -0.655. The first-order valence-corrected chi connectivity index (χ1v) is 3.74. The van der Waals surface area contributed by atoms with E-state index in [2.05, 4.69) is 10.3 Å². The largest absolute Gasteiger partial charge is 0.590 e. The SMILES string of the molecule is O=[N+]([O-])c1ccc2n[n+]([O-])n[n+]([O-])c2c1. The Kier molecular flexibility index (Phi) is 1.78. The van der Waals surface area contributed by atoms with Gasteiger partial charge >= 0.3 is 5.21 Å². The van der Waals surface area contributed by atoms with Crippen LogP contribution in [0.25, 0.3) is 11.0 Å². The lowest BCUT2D eigenvalue weighted by Gasteiger charge is -1.95. The fourth-order valence-corrected chi connectivity index (χ4v) is 1.09. The topological polar surface area (TPSA) is 123 Å². The Hall–Kier alpha value is -2.58. The number of non-ortho nitro benzene ring substituents is 1. The summed E-state index contributed by atoms with van der Waals surface area (Å²) in [6.07, 6.45) is 0. The van der Waals surface area contributed by atoms with Crippen molar-refractivity contribution in [2.75, 3.05) is 0 Å². The molecule has 1 aromatic carbocycles. The average Bonchev–Trinajstić information content (AvgIpc) is 2.16. The third-order valence-corrected chi connectivity index (χ3v) is 1.73. The van der Waals surface area contributed by atoms with Crippen LogP contribution in [0.3, 0.4) is 0 Å². The lowest BCUT2D eigenvalue weighted by molar-refractivity contribution is -0.863. The Balaban J connectivity index is 2.76. The van der Waals surface area contributed by atoms with Gasteiger partial charge in [-0.2, -0.15) is 0 Å². The van der Waals surface area contributed by atoms with E-state index in [4.69, 9.17) is 0 Å². The Labute approximate surface area is 81.5 Å². The van der Waals surface area contributed by atoms with Crippen molar-refractivity contribution in [2.24, 2.45) is 0 Å². The smallest absolute Gasteiger partial charge is 0.326 e. The lowest BCUT2D eigenvalue weighted by Crippen LogP contribution is -2.50. The number of nitro groups is 1. The number of hydrogen-bond acceptors (Lipinski definition) is 6. The zero-order valence-electron chi connectivity index (χ0n) is 7.10. The number of aromatic nitrogens is 4. The van der Waals surface area contributed by atoms with Crippen LogP contribution >= 0.6 is 0 Å². The highest BCUT2D eigenvalue weighted by molar-refractivity contribution is 5.72. The zero-order chi connectivity index (χ0) is 11.0. The molecule has 0 fully saturated rings. The molecule has 0 radical (unpaired) electrons. The van der Waals surface area contributed by atoms with Gasteiger partial charge in [-0.15, -0.1) is 0 Å². The summed E-state index contributed by atoms with van der Waals surface area (Å²) in [5, 5.41) is 38.4. The Morgan fingerprint density at radius 3 is 2.73 bits per heavy atom. The summed E-state index contributed by atoms with van der Waals surface area (Å²) in [5.74, 6) is 0. The van der Waals surface area contributed by atoms with Crippen molar-refractivity contribution in [3.63, 3.8) is 0 Å². The minimum absolute atomic E-state index is 0.0116. The third kappa shape index (κ3) is 1.45. The third-order valence-electron chi connectivity index (χ3n) is 1.73. The maximum Gasteiger partial charge on any atom is 0.326 e. The molecule has 0 unspecified atom stereocenters. The molecule has 0 spiro atoms. The van der Waals surface area contributed by atoms with Crippen molar-refractivity contribution >= 4 is 16.7 Å². The first-order chi connectivity index (χ1) is 7.08. The summed E-state index contributed by atoms with van der Waals surface area (Å²) in [6, 6.07) is 3.36. The molecule has 1 heterocycles. The Morgan fingerprint density at radius 1 is 1.33 bits per heavy atom. The predicted octanol–water partition coefficient (Wildman–Crippen LogP) is -1.20. The van der Waals surface area contributed by atoms with Gasteiger partial charge in [0.1, 0.15) is 4.96 Å². The molecule has 0 saturated carbocycles. The van der Waals surface area contributed by atoms with Gasteiger partial charge in [-0.25, -0.2) is 0 Å². The van der Waals surface area contributed by atoms with E-state index in [1.54, 1.807) is 0 Å². The van der Waals surface area contributed by atoms with E-state index in [9.17, 15) is 20.5 Å². The fraction of sp³-hybridized carbons (Fsp3) is 0. The van der Waals surface area contributed by atoms with Crippen molar-refractivity contribution in [1.82, 2.24) is 10.3 Å². The van der Waals surface area contributed by atoms with Gasteiger partial charge in [-0.1, -0.05) is 0 Å². The van der Waals surface area contributed by atoms with Gasteiger partial charge in [-0.05, 0) is 6.07 Å². The summed E-state index contributed by atoms with van der Waals surface area (Å²) in [7, 11) is 0. The molecule has 9 nitrogen and oxygen atoms in total. The van der Waals surface area contributed by atoms with Gasteiger partial charge in [0, 0.05) is 10.9 Å². The number of benzene rings is 1. The quantitative estimate of drug-likeness (QED) is 0.251. The molecule has 1 aromatic heterocycles. The Bertz CT molecular complexity index is 556. The molecule has 0 N–H and O–H groups in total. The molecular weight excluding hydrogens is 206 g/mol. The van der Waals surface area contributed by atoms with Crippen LogP contribution in [-0.4, -0.2) is 15.2 Å². The molecule has 0 aliphatic heterocycles. The minimum Gasteiger partial charge on any atom is -0.590 e. The zero-order valence-corrected chi connectivity index (χ0v) is 7.10. The van der Waals surface area contributed by atoms with Crippen molar-refractivity contribution < 1.29 is 14.7 Å². The Morgan fingerprint density at radius 2 is 2.07 bits per heavy atom. The van der Waals surface area contributed by atoms with E-state index >= 15 is 0 Å². The average molecular weight is 209 g/mol. The maximum absolute atomic E-state index is 11.1. The van der Waals surface area contributed by atoms with Crippen LogP contribution in [0.2, 0.25) is 0 Å². The molecule has 0 atom stereocenters. The highest BCUT2D eigenvalue weighted by Crippen LogP contribution is 2.14. The van der Waals surface area contributed by atoms with Gasteiger partial charge in [0.25, 0.3) is 11.2 Å². The van der Waals surface area contributed by atoms with E-state index in [1.165, 1.54) is 6.07 Å². The standard InChI is InChI=1S/C6H3N5O4/c12-9-6-3-4(10(13)14)1-2-5(6)7-11(15)8-9/h1-3H. The molecule has 15 heavy (non-hydrogen) atoms.